The lowest BCUT2D eigenvalue weighted by molar-refractivity contribution is 0.387. The molecule has 18 heavy (non-hydrogen) atoms. The van der Waals surface area contributed by atoms with Crippen LogP contribution >= 0.6 is 11.3 Å². The van der Waals surface area contributed by atoms with Crippen molar-refractivity contribution in [1.29, 1.82) is 0 Å². The Hall–Kier alpha value is -1.75. The van der Waals surface area contributed by atoms with Crippen LogP contribution < -0.4 is 15.8 Å². The summed E-state index contributed by atoms with van der Waals surface area (Å²) in [6, 6.07) is 4.99. The fraction of sp³-hybridized carbons (Fsp3) is 0.231. The van der Waals surface area contributed by atoms with E-state index in [2.05, 4.69) is 10.7 Å². The number of benzene rings is 1. The van der Waals surface area contributed by atoms with Crippen molar-refractivity contribution < 1.29 is 9.13 Å². The van der Waals surface area contributed by atoms with Gasteiger partial charge in [-0.15, -0.1) is 0 Å². The number of thiophene rings is 1. The largest absolute Gasteiger partial charge is 0.494 e. The van der Waals surface area contributed by atoms with Crippen LogP contribution in [0.25, 0.3) is 0 Å². The summed E-state index contributed by atoms with van der Waals surface area (Å²) in [4.78, 5) is 0. The number of rotatable bonds is 4. The van der Waals surface area contributed by atoms with Crippen LogP contribution in [0.2, 0.25) is 0 Å². The van der Waals surface area contributed by atoms with Gasteiger partial charge in [-0.25, -0.2) is 4.39 Å². The van der Waals surface area contributed by atoms with E-state index in [1.165, 1.54) is 18.7 Å². The summed E-state index contributed by atoms with van der Waals surface area (Å²) in [5.74, 6) is -0.270. The van der Waals surface area contributed by atoms with E-state index < -0.39 is 5.82 Å². The Morgan fingerprint density at radius 3 is 2.83 bits per heavy atom. The number of anilines is 2. The second-order valence-corrected chi connectivity index (χ2v) is 4.78. The number of hydrogen-bond acceptors (Lipinski definition) is 4. The molecule has 0 radical (unpaired) electrons. The zero-order valence-electron chi connectivity index (χ0n) is 10.2. The summed E-state index contributed by atoms with van der Waals surface area (Å²) in [7, 11) is 1.43. The third kappa shape index (κ3) is 2.56. The second kappa shape index (κ2) is 5.27. The average Bonchev–Trinajstić information content (AvgIpc) is 2.86. The number of nitrogens with one attached hydrogen (secondary N) is 1. The number of halogens is 1. The highest BCUT2D eigenvalue weighted by Crippen LogP contribution is 2.31. The molecule has 1 aromatic heterocycles. The monoisotopic (exact) mass is 266 g/mol. The van der Waals surface area contributed by atoms with Crippen molar-refractivity contribution in [3.63, 3.8) is 0 Å². The fourth-order valence-corrected chi connectivity index (χ4v) is 2.44. The Morgan fingerprint density at radius 1 is 1.44 bits per heavy atom. The molecule has 0 aliphatic rings. The van der Waals surface area contributed by atoms with Crippen LogP contribution in [0.3, 0.4) is 0 Å². The Balaban J connectivity index is 2.23. The molecule has 0 bridgehead atoms. The van der Waals surface area contributed by atoms with Crippen molar-refractivity contribution in [2.75, 3.05) is 18.2 Å². The van der Waals surface area contributed by atoms with E-state index in [-0.39, 0.29) is 11.8 Å². The van der Waals surface area contributed by atoms with Crippen molar-refractivity contribution in [1.82, 2.24) is 0 Å². The molecule has 0 spiro atoms. The zero-order chi connectivity index (χ0) is 13.1. The lowest BCUT2D eigenvalue weighted by Gasteiger charge is -2.17. The van der Waals surface area contributed by atoms with E-state index in [9.17, 15) is 4.39 Å². The van der Waals surface area contributed by atoms with E-state index in [4.69, 9.17) is 10.5 Å². The van der Waals surface area contributed by atoms with Gasteiger partial charge in [0.2, 0.25) is 0 Å². The SMILES string of the molecule is COc1cc(NC(C)c2ccsc2)c(N)cc1F. The first-order valence-corrected chi connectivity index (χ1v) is 6.47. The predicted octanol–water partition coefficient (Wildman–Crippen LogP) is 3.65. The first kappa shape index (κ1) is 12.7. The molecule has 0 amide bonds. The molecule has 0 saturated heterocycles. The maximum atomic E-state index is 13.4. The first-order chi connectivity index (χ1) is 8.61. The summed E-state index contributed by atoms with van der Waals surface area (Å²) < 4.78 is 18.4. The van der Waals surface area contributed by atoms with Gasteiger partial charge in [-0.3, -0.25) is 0 Å². The Morgan fingerprint density at radius 2 is 2.22 bits per heavy atom. The van der Waals surface area contributed by atoms with Crippen LogP contribution in [0, 0.1) is 5.82 Å². The maximum Gasteiger partial charge on any atom is 0.167 e. The van der Waals surface area contributed by atoms with Crippen molar-refractivity contribution in [2.45, 2.75) is 13.0 Å². The average molecular weight is 266 g/mol. The standard InChI is InChI=1S/C13H15FN2OS/c1-8(9-3-4-18-7-9)16-12-6-13(17-2)10(14)5-11(12)15/h3-8,16H,15H2,1-2H3. The summed E-state index contributed by atoms with van der Waals surface area (Å²) in [5.41, 5.74) is 8.00. The lowest BCUT2D eigenvalue weighted by Crippen LogP contribution is -2.08. The van der Waals surface area contributed by atoms with Crippen LogP contribution in [-0.2, 0) is 0 Å². The van der Waals surface area contributed by atoms with Gasteiger partial charge in [0, 0.05) is 18.2 Å². The molecule has 0 aliphatic carbocycles. The molecule has 0 aliphatic heterocycles. The fourth-order valence-electron chi connectivity index (χ4n) is 1.69. The highest BCUT2D eigenvalue weighted by Gasteiger charge is 2.11. The molecule has 3 N–H and O–H groups in total. The Kier molecular flexibility index (Phi) is 3.72. The molecule has 96 valence electrons. The normalized spacial score (nSPS) is 12.2. The van der Waals surface area contributed by atoms with Crippen molar-refractivity contribution in [3.8, 4) is 5.75 Å². The molecule has 5 heteroatoms. The van der Waals surface area contributed by atoms with Gasteiger partial charge in [0.25, 0.3) is 0 Å². The van der Waals surface area contributed by atoms with Gasteiger partial charge in [-0.1, -0.05) is 0 Å². The lowest BCUT2D eigenvalue weighted by atomic mass is 10.1. The van der Waals surface area contributed by atoms with E-state index in [0.29, 0.717) is 11.4 Å². The van der Waals surface area contributed by atoms with Gasteiger partial charge in [0.05, 0.1) is 18.5 Å². The van der Waals surface area contributed by atoms with Crippen LogP contribution in [-0.4, -0.2) is 7.11 Å². The third-order valence-corrected chi connectivity index (χ3v) is 3.44. The summed E-state index contributed by atoms with van der Waals surface area (Å²) in [5, 5.41) is 7.33. The molecule has 2 rings (SSSR count). The number of hydrogen-bond donors (Lipinski definition) is 2. The molecule has 1 heterocycles. The number of methoxy groups -OCH3 is 1. The quantitative estimate of drug-likeness (QED) is 0.830. The van der Waals surface area contributed by atoms with E-state index in [0.717, 1.165) is 0 Å². The van der Waals surface area contributed by atoms with Crippen molar-refractivity contribution in [2.24, 2.45) is 0 Å². The zero-order valence-corrected chi connectivity index (χ0v) is 11.1. The van der Waals surface area contributed by atoms with E-state index in [1.807, 2.05) is 18.4 Å². The van der Waals surface area contributed by atoms with Gasteiger partial charge in [0.1, 0.15) is 0 Å². The minimum absolute atomic E-state index is 0.105. The molecule has 1 atom stereocenters. The second-order valence-electron chi connectivity index (χ2n) is 4.00. The highest BCUT2D eigenvalue weighted by atomic mass is 32.1. The number of nitrogen functional groups attached to an aromatic ring is 1. The van der Waals surface area contributed by atoms with E-state index >= 15 is 0 Å². The molecular weight excluding hydrogens is 251 g/mol. The van der Waals surface area contributed by atoms with Crippen LogP contribution in [0.4, 0.5) is 15.8 Å². The smallest absolute Gasteiger partial charge is 0.167 e. The van der Waals surface area contributed by atoms with Crippen molar-refractivity contribution in [3.05, 3.63) is 40.3 Å². The molecule has 3 nitrogen and oxygen atoms in total. The number of ether oxygens (including phenoxy) is 1. The highest BCUT2D eigenvalue weighted by molar-refractivity contribution is 7.07. The van der Waals surface area contributed by atoms with Crippen molar-refractivity contribution >= 4 is 22.7 Å². The molecule has 1 aromatic carbocycles. The molecule has 1 unspecified atom stereocenters. The number of nitrogens with two attached hydrogens (primary N) is 1. The molecule has 0 fully saturated rings. The van der Waals surface area contributed by atoms with Crippen LogP contribution in [0.1, 0.15) is 18.5 Å². The van der Waals surface area contributed by atoms with Gasteiger partial charge in [-0.2, -0.15) is 11.3 Å². The first-order valence-electron chi connectivity index (χ1n) is 5.53. The summed E-state index contributed by atoms with van der Waals surface area (Å²) in [6.45, 7) is 2.03. The third-order valence-electron chi connectivity index (χ3n) is 2.74. The summed E-state index contributed by atoms with van der Waals surface area (Å²) >= 11 is 1.64. The topological polar surface area (TPSA) is 47.3 Å². The van der Waals surface area contributed by atoms with Gasteiger partial charge in [0.15, 0.2) is 11.6 Å². The molecular formula is C13H15FN2OS. The predicted molar refractivity (Wildman–Crippen MR) is 73.7 cm³/mol. The minimum Gasteiger partial charge on any atom is -0.494 e. The maximum absolute atomic E-state index is 13.4. The van der Waals surface area contributed by atoms with Crippen LogP contribution in [0.15, 0.2) is 29.0 Å². The Labute approximate surface area is 109 Å². The van der Waals surface area contributed by atoms with Gasteiger partial charge >= 0.3 is 0 Å². The van der Waals surface area contributed by atoms with E-state index in [1.54, 1.807) is 17.4 Å². The summed E-state index contributed by atoms with van der Waals surface area (Å²) in [6.07, 6.45) is 0. The Bertz CT molecular complexity index is 528. The van der Waals surface area contributed by atoms with Gasteiger partial charge < -0.3 is 15.8 Å². The van der Waals surface area contributed by atoms with Gasteiger partial charge in [-0.05, 0) is 29.3 Å². The molecule has 0 saturated carbocycles. The van der Waals surface area contributed by atoms with Crippen LogP contribution in [0.5, 0.6) is 5.75 Å². The molecule has 2 aromatic rings. The minimum atomic E-state index is -0.455.